The molecule has 0 atom stereocenters. The number of ether oxygens (including phenoxy) is 3. The highest BCUT2D eigenvalue weighted by Crippen LogP contribution is 2.40. The van der Waals surface area contributed by atoms with Crippen LogP contribution >= 0.6 is 23.7 Å². The van der Waals surface area contributed by atoms with E-state index in [9.17, 15) is 9.59 Å². The van der Waals surface area contributed by atoms with Crippen molar-refractivity contribution in [3.05, 3.63) is 47.5 Å². The highest BCUT2D eigenvalue weighted by Gasteiger charge is 2.23. The molecular weight excluding hydrogens is 442 g/mol. The van der Waals surface area contributed by atoms with Gasteiger partial charge in [-0.1, -0.05) is 11.3 Å². The lowest BCUT2D eigenvalue weighted by Crippen LogP contribution is -2.36. The zero-order valence-corrected chi connectivity index (χ0v) is 18.9. The van der Waals surface area contributed by atoms with E-state index in [-0.39, 0.29) is 25.1 Å². The number of amides is 1. The predicted molar refractivity (Wildman–Crippen MR) is 121 cm³/mol. The van der Waals surface area contributed by atoms with Crippen LogP contribution in [-0.2, 0) is 4.74 Å². The SMILES string of the molecule is COC(=O)c1ccc(C(=O)N(CCN(C)C)c2nc3cc4c(cc3s2)OCO4)cc1.Cl. The van der Waals surface area contributed by atoms with Crippen LogP contribution in [0.3, 0.4) is 0 Å². The maximum absolute atomic E-state index is 13.3. The summed E-state index contributed by atoms with van der Waals surface area (Å²) in [6.07, 6.45) is 0. The zero-order chi connectivity index (χ0) is 21.3. The number of hydrogen-bond acceptors (Lipinski definition) is 8. The Kier molecular flexibility index (Phi) is 6.99. The van der Waals surface area contributed by atoms with Crippen molar-refractivity contribution in [2.24, 2.45) is 0 Å². The van der Waals surface area contributed by atoms with Crippen molar-refractivity contribution in [3.63, 3.8) is 0 Å². The number of methoxy groups -OCH3 is 1. The van der Waals surface area contributed by atoms with Gasteiger partial charge < -0.3 is 19.1 Å². The molecule has 10 heteroatoms. The number of thiazole rings is 1. The van der Waals surface area contributed by atoms with Crippen molar-refractivity contribution in [1.29, 1.82) is 0 Å². The Hall–Kier alpha value is -2.88. The van der Waals surface area contributed by atoms with Crippen LogP contribution in [0.15, 0.2) is 36.4 Å². The molecule has 0 saturated heterocycles. The molecule has 0 N–H and O–H groups in total. The standard InChI is InChI=1S/C21H21N3O5S.ClH/c1-23(2)8-9-24(19(25)13-4-6-14(7-5-13)20(26)27-3)21-22-15-10-16-17(29-12-28-16)11-18(15)30-21;/h4-7,10-11H,8-9,12H2,1-3H3;1H. The lowest BCUT2D eigenvalue weighted by molar-refractivity contribution is 0.0600. The average molecular weight is 464 g/mol. The number of halogens is 1. The lowest BCUT2D eigenvalue weighted by atomic mass is 10.1. The number of hydrogen-bond donors (Lipinski definition) is 0. The van der Waals surface area contributed by atoms with Gasteiger partial charge in [-0.3, -0.25) is 9.69 Å². The van der Waals surface area contributed by atoms with E-state index in [0.717, 1.165) is 10.2 Å². The van der Waals surface area contributed by atoms with Crippen LogP contribution in [0, 0.1) is 0 Å². The number of benzene rings is 2. The third-order valence-corrected chi connectivity index (χ3v) is 5.71. The number of anilines is 1. The molecule has 31 heavy (non-hydrogen) atoms. The lowest BCUT2D eigenvalue weighted by Gasteiger charge is -2.22. The van der Waals surface area contributed by atoms with Gasteiger partial charge in [0, 0.05) is 30.8 Å². The third-order valence-electron chi connectivity index (χ3n) is 4.67. The van der Waals surface area contributed by atoms with Crippen molar-refractivity contribution in [1.82, 2.24) is 9.88 Å². The first-order valence-electron chi connectivity index (χ1n) is 9.31. The molecule has 1 aliphatic rings. The summed E-state index contributed by atoms with van der Waals surface area (Å²) in [6, 6.07) is 10.1. The smallest absolute Gasteiger partial charge is 0.337 e. The molecule has 2 heterocycles. The quantitative estimate of drug-likeness (QED) is 0.518. The van der Waals surface area contributed by atoms with Crippen LogP contribution in [0.2, 0.25) is 0 Å². The number of esters is 1. The Morgan fingerprint density at radius 2 is 1.71 bits per heavy atom. The molecule has 0 fully saturated rings. The molecule has 0 bridgehead atoms. The predicted octanol–water partition coefficient (Wildman–Crippen LogP) is 3.44. The van der Waals surface area contributed by atoms with Gasteiger partial charge >= 0.3 is 5.97 Å². The summed E-state index contributed by atoms with van der Waals surface area (Å²) in [6.45, 7) is 1.34. The van der Waals surface area contributed by atoms with E-state index in [2.05, 4.69) is 4.98 Å². The van der Waals surface area contributed by atoms with Gasteiger partial charge in [0.05, 0.1) is 22.9 Å². The number of rotatable bonds is 6. The number of likely N-dealkylation sites (N-methyl/N-ethyl adjacent to an activating group) is 1. The highest BCUT2D eigenvalue weighted by atomic mass is 35.5. The van der Waals surface area contributed by atoms with Crippen LogP contribution in [0.1, 0.15) is 20.7 Å². The van der Waals surface area contributed by atoms with E-state index in [1.165, 1.54) is 18.4 Å². The second-order valence-corrected chi connectivity index (χ2v) is 8.01. The number of fused-ring (bicyclic) bond motifs is 2. The van der Waals surface area contributed by atoms with Crippen molar-refractivity contribution >= 4 is 51.0 Å². The van der Waals surface area contributed by atoms with Crippen molar-refractivity contribution in [2.75, 3.05) is 46.0 Å². The topological polar surface area (TPSA) is 81.2 Å². The second-order valence-electron chi connectivity index (χ2n) is 7.00. The van der Waals surface area contributed by atoms with Gasteiger partial charge in [-0.25, -0.2) is 9.78 Å². The molecule has 1 aliphatic heterocycles. The molecule has 164 valence electrons. The number of nitrogens with zero attached hydrogens (tertiary/aromatic N) is 3. The summed E-state index contributed by atoms with van der Waals surface area (Å²) in [4.78, 5) is 33.3. The Labute approximate surface area is 189 Å². The minimum Gasteiger partial charge on any atom is -0.465 e. The van der Waals surface area contributed by atoms with Crippen molar-refractivity contribution in [2.45, 2.75) is 0 Å². The Morgan fingerprint density at radius 1 is 1.06 bits per heavy atom. The average Bonchev–Trinajstić information content (AvgIpc) is 3.37. The molecule has 0 aliphatic carbocycles. The first-order chi connectivity index (χ1) is 14.5. The van der Waals surface area contributed by atoms with Crippen LogP contribution < -0.4 is 14.4 Å². The zero-order valence-electron chi connectivity index (χ0n) is 17.3. The summed E-state index contributed by atoms with van der Waals surface area (Å²) in [5.41, 5.74) is 1.61. The maximum Gasteiger partial charge on any atom is 0.337 e. The molecule has 0 saturated carbocycles. The van der Waals surface area contributed by atoms with Crippen LogP contribution in [0.25, 0.3) is 10.2 Å². The molecule has 8 nitrogen and oxygen atoms in total. The van der Waals surface area contributed by atoms with Gasteiger partial charge in [0.15, 0.2) is 16.6 Å². The van der Waals surface area contributed by atoms with Crippen molar-refractivity contribution in [3.8, 4) is 11.5 Å². The van der Waals surface area contributed by atoms with E-state index in [1.807, 2.05) is 31.1 Å². The van der Waals surface area contributed by atoms with Gasteiger partial charge in [0.2, 0.25) is 6.79 Å². The fourth-order valence-electron chi connectivity index (χ4n) is 3.03. The van der Waals surface area contributed by atoms with E-state index in [1.54, 1.807) is 29.2 Å². The summed E-state index contributed by atoms with van der Waals surface area (Å²) >= 11 is 1.42. The van der Waals surface area contributed by atoms with Gasteiger partial charge in [0.1, 0.15) is 0 Å². The molecule has 0 spiro atoms. The van der Waals surface area contributed by atoms with E-state index in [4.69, 9.17) is 14.2 Å². The monoisotopic (exact) mass is 463 g/mol. The van der Waals surface area contributed by atoms with Gasteiger partial charge in [-0.2, -0.15) is 0 Å². The summed E-state index contributed by atoms with van der Waals surface area (Å²) in [5, 5.41) is 0.595. The number of carbonyl (C=O) groups excluding carboxylic acids is 2. The van der Waals surface area contributed by atoms with E-state index < -0.39 is 5.97 Å². The van der Waals surface area contributed by atoms with Crippen LogP contribution in [0.5, 0.6) is 11.5 Å². The van der Waals surface area contributed by atoms with E-state index >= 15 is 0 Å². The van der Waals surface area contributed by atoms with Gasteiger partial charge in [-0.05, 0) is 38.4 Å². The summed E-state index contributed by atoms with van der Waals surface area (Å²) in [7, 11) is 5.22. The molecule has 2 aromatic carbocycles. The summed E-state index contributed by atoms with van der Waals surface area (Å²) in [5.74, 6) is 0.709. The molecular formula is C21H22ClN3O5S. The summed E-state index contributed by atoms with van der Waals surface area (Å²) < 4.78 is 16.5. The number of aromatic nitrogens is 1. The molecule has 0 unspecified atom stereocenters. The molecule has 3 aromatic rings. The van der Waals surface area contributed by atoms with Crippen LogP contribution in [0.4, 0.5) is 5.13 Å². The Balaban J connectivity index is 0.00000272. The van der Waals surface area contributed by atoms with E-state index in [0.29, 0.717) is 40.8 Å². The van der Waals surface area contributed by atoms with Crippen LogP contribution in [-0.4, -0.2) is 62.8 Å². The van der Waals surface area contributed by atoms with Gasteiger partial charge in [-0.15, -0.1) is 12.4 Å². The highest BCUT2D eigenvalue weighted by molar-refractivity contribution is 7.22. The fourth-order valence-corrected chi connectivity index (χ4v) is 4.03. The first kappa shape index (κ1) is 22.8. The normalized spacial score (nSPS) is 12.0. The molecule has 4 rings (SSSR count). The number of carbonyl (C=O) groups is 2. The van der Waals surface area contributed by atoms with Crippen molar-refractivity contribution < 1.29 is 23.8 Å². The molecule has 1 amide bonds. The molecule has 1 aromatic heterocycles. The third kappa shape index (κ3) is 4.73. The second kappa shape index (κ2) is 9.51. The largest absolute Gasteiger partial charge is 0.465 e. The minimum absolute atomic E-state index is 0. The molecule has 0 radical (unpaired) electrons. The maximum atomic E-state index is 13.3. The Bertz CT molecular complexity index is 1060. The first-order valence-corrected chi connectivity index (χ1v) is 10.1. The van der Waals surface area contributed by atoms with Gasteiger partial charge in [0.25, 0.3) is 5.91 Å². The fraction of sp³-hybridized carbons (Fsp3) is 0.286. The minimum atomic E-state index is -0.442. The Morgan fingerprint density at radius 3 is 2.35 bits per heavy atom.